The largest absolute Gasteiger partial charge is 0.349 e. The van der Waals surface area contributed by atoms with Gasteiger partial charge >= 0.3 is 0 Å². The third-order valence-corrected chi connectivity index (χ3v) is 5.11. The minimum absolute atomic E-state index is 0.0586. The maximum Gasteiger partial charge on any atom is 0.252 e. The second-order valence-corrected chi connectivity index (χ2v) is 7.01. The second-order valence-electron chi connectivity index (χ2n) is 7.01. The first-order chi connectivity index (χ1) is 12.7. The molecule has 0 spiro atoms. The van der Waals surface area contributed by atoms with Crippen LogP contribution in [-0.2, 0) is 10.3 Å². The van der Waals surface area contributed by atoms with Crippen molar-refractivity contribution in [2.75, 3.05) is 18.4 Å². The van der Waals surface area contributed by atoms with Crippen molar-refractivity contribution in [3.63, 3.8) is 0 Å². The van der Waals surface area contributed by atoms with Gasteiger partial charge in [0.2, 0.25) is 0 Å². The molecule has 26 heavy (non-hydrogen) atoms. The standard InChI is InChI=1S/C19H23N5O2/c25-17(22-15-6-7-15)14-2-4-16(5-3-14)23-18(26)19(8-11-20-12-9-19)24-13-1-10-21-24/h1-5,10,13,15,20H,6-9,11-12H2,(H,22,25)(H,23,26). The smallest absolute Gasteiger partial charge is 0.252 e. The summed E-state index contributed by atoms with van der Waals surface area (Å²) in [6.45, 7) is 1.54. The Morgan fingerprint density at radius 2 is 1.88 bits per heavy atom. The molecule has 1 saturated heterocycles. The van der Waals surface area contributed by atoms with E-state index in [1.807, 2.05) is 12.3 Å². The highest BCUT2D eigenvalue weighted by Crippen LogP contribution is 2.29. The van der Waals surface area contributed by atoms with Gasteiger partial charge in [-0.05, 0) is 69.1 Å². The molecule has 7 heteroatoms. The molecular formula is C19H23N5O2. The molecule has 0 bridgehead atoms. The fraction of sp³-hybridized carbons (Fsp3) is 0.421. The van der Waals surface area contributed by atoms with Gasteiger partial charge in [0.25, 0.3) is 11.8 Å². The van der Waals surface area contributed by atoms with Crippen molar-refractivity contribution in [1.29, 1.82) is 0 Å². The maximum absolute atomic E-state index is 13.1. The highest BCUT2D eigenvalue weighted by molar-refractivity contribution is 5.98. The first-order valence-corrected chi connectivity index (χ1v) is 9.11. The lowest BCUT2D eigenvalue weighted by molar-refractivity contribution is -0.126. The molecule has 2 aliphatic rings. The average Bonchev–Trinajstić information content (AvgIpc) is 3.31. The van der Waals surface area contributed by atoms with E-state index in [4.69, 9.17) is 0 Å². The van der Waals surface area contributed by atoms with Crippen LogP contribution in [0.25, 0.3) is 0 Å². The number of hydrogen-bond donors (Lipinski definition) is 3. The topological polar surface area (TPSA) is 88.1 Å². The van der Waals surface area contributed by atoms with Crippen LogP contribution in [0.4, 0.5) is 5.69 Å². The van der Waals surface area contributed by atoms with Crippen LogP contribution in [0.2, 0.25) is 0 Å². The van der Waals surface area contributed by atoms with Crippen molar-refractivity contribution in [3.8, 4) is 0 Å². The van der Waals surface area contributed by atoms with Crippen molar-refractivity contribution in [3.05, 3.63) is 48.3 Å². The molecule has 1 aliphatic carbocycles. The fourth-order valence-corrected chi connectivity index (χ4v) is 3.37. The molecule has 2 amide bonds. The number of rotatable bonds is 5. The van der Waals surface area contributed by atoms with Gasteiger partial charge in [0.15, 0.2) is 0 Å². The molecule has 0 radical (unpaired) electrons. The van der Waals surface area contributed by atoms with E-state index in [1.54, 1.807) is 35.1 Å². The summed E-state index contributed by atoms with van der Waals surface area (Å²) < 4.78 is 1.76. The van der Waals surface area contributed by atoms with Gasteiger partial charge in [0, 0.05) is 29.7 Å². The summed E-state index contributed by atoms with van der Waals surface area (Å²) in [6.07, 6.45) is 7.03. The number of amides is 2. The fourth-order valence-electron chi connectivity index (χ4n) is 3.37. The van der Waals surface area contributed by atoms with E-state index in [-0.39, 0.29) is 11.8 Å². The number of carbonyl (C=O) groups excluding carboxylic acids is 2. The second kappa shape index (κ2) is 6.92. The lowest BCUT2D eigenvalue weighted by Crippen LogP contribution is -2.52. The molecule has 2 fully saturated rings. The number of hydrogen-bond acceptors (Lipinski definition) is 4. The van der Waals surface area contributed by atoms with Crippen LogP contribution in [0.15, 0.2) is 42.7 Å². The Morgan fingerprint density at radius 3 is 2.50 bits per heavy atom. The van der Waals surface area contributed by atoms with Crippen molar-refractivity contribution < 1.29 is 9.59 Å². The minimum atomic E-state index is -0.684. The number of benzene rings is 1. The first-order valence-electron chi connectivity index (χ1n) is 9.11. The summed E-state index contributed by atoms with van der Waals surface area (Å²) in [5, 5.41) is 13.6. The lowest BCUT2D eigenvalue weighted by Gasteiger charge is -2.36. The predicted octanol–water partition coefficient (Wildman–Crippen LogP) is 1.49. The predicted molar refractivity (Wildman–Crippen MR) is 97.9 cm³/mol. The van der Waals surface area contributed by atoms with Crippen LogP contribution in [0.3, 0.4) is 0 Å². The molecule has 1 saturated carbocycles. The quantitative estimate of drug-likeness (QED) is 0.760. The number of piperidine rings is 1. The van der Waals surface area contributed by atoms with Gasteiger partial charge < -0.3 is 16.0 Å². The molecule has 136 valence electrons. The molecule has 1 aromatic carbocycles. The Hall–Kier alpha value is -2.67. The third kappa shape index (κ3) is 3.35. The number of aromatic nitrogens is 2. The number of nitrogens with one attached hydrogen (secondary N) is 3. The molecule has 3 N–H and O–H groups in total. The molecule has 1 aromatic heterocycles. The SMILES string of the molecule is O=C(NC1CC1)c1ccc(NC(=O)C2(n3cccn3)CCNCC2)cc1. The Kier molecular flexibility index (Phi) is 4.46. The summed E-state index contributed by atoms with van der Waals surface area (Å²) >= 11 is 0. The number of carbonyl (C=O) groups is 2. The van der Waals surface area contributed by atoms with Gasteiger partial charge in [-0.1, -0.05) is 0 Å². The Balaban J connectivity index is 1.48. The Bertz CT molecular complexity index is 775. The average molecular weight is 353 g/mol. The van der Waals surface area contributed by atoms with Gasteiger partial charge in [-0.2, -0.15) is 5.10 Å². The monoisotopic (exact) mass is 353 g/mol. The van der Waals surface area contributed by atoms with Crippen LogP contribution in [0, 0.1) is 0 Å². The van der Waals surface area contributed by atoms with Gasteiger partial charge in [0.05, 0.1) is 0 Å². The van der Waals surface area contributed by atoms with E-state index in [0.29, 0.717) is 30.1 Å². The molecule has 4 rings (SSSR count). The van der Waals surface area contributed by atoms with Gasteiger partial charge in [0.1, 0.15) is 5.54 Å². The maximum atomic E-state index is 13.1. The number of nitrogens with zero attached hydrogens (tertiary/aromatic N) is 2. The van der Waals surface area contributed by atoms with Crippen LogP contribution >= 0.6 is 0 Å². The highest BCUT2D eigenvalue weighted by Gasteiger charge is 2.42. The summed E-state index contributed by atoms with van der Waals surface area (Å²) in [4.78, 5) is 25.1. The molecule has 0 unspecified atom stereocenters. The van der Waals surface area contributed by atoms with Crippen LogP contribution < -0.4 is 16.0 Å². The summed E-state index contributed by atoms with van der Waals surface area (Å²) in [5.41, 5.74) is 0.609. The molecule has 2 heterocycles. The van der Waals surface area contributed by atoms with Gasteiger partial charge in [-0.25, -0.2) is 0 Å². The van der Waals surface area contributed by atoms with Crippen LogP contribution in [0.5, 0.6) is 0 Å². The van der Waals surface area contributed by atoms with E-state index in [1.165, 1.54) is 0 Å². The van der Waals surface area contributed by atoms with Gasteiger partial charge in [-0.15, -0.1) is 0 Å². The zero-order chi connectivity index (χ0) is 18.0. The lowest BCUT2D eigenvalue weighted by atomic mass is 9.87. The Labute approximate surface area is 152 Å². The molecule has 0 atom stereocenters. The van der Waals surface area contributed by atoms with Crippen molar-refractivity contribution in [2.45, 2.75) is 37.3 Å². The van der Waals surface area contributed by atoms with E-state index in [9.17, 15) is 9.59 Å². The normalized spacial score (nSPS) is 18.9. The molecular weight excluding hydrogens is 330 g/mol. The summed E-state index contributed by atoms with van der Waals surface area (Å²) in [5.74, 6) is -0.130. The highest BCUT2D eigenvalue weighted by atomic mass is 16.2. The van der Waals surface area contributed by atoms with Crippen molar-refractivity contribution in [1.82, 2.24) is 20.4 Å². The van der Waals surface area contributed by atoms with Crippen LogP contribution in [0.1, 0.15) is 36.0 Å². The summed E-state index contributed by atoms with van der Waals surface area (Å²) in [7, 11) is 0. The molecule has 2 aromatic rings. The van der Waals surface area contributed by atoms with E-state index < -0.39 is 5.54 Å². The Morgan fingerprint density at radius 1 is 1.15 bits per heavy atom. The summed E-state index contributed by atoms with van der Waals surface area (Å²) in [6, 6.07) is 9.21. The first kappa shape index (κ1) is 16.8. The van der Waals surface area contributed by atoms with Crippen LogP contribution in [-0.4, -0.2) is 40.7 Å². The molecule has 7 nitrogen and oxygen atoms in total. The van der Waals surface area contributed by atoms with Gasteiger partial charge in [-0.3, -0.25) is 14.3 Å². The van der Waals surface area contributed by atoms with Crippen molar-refractivity contribution in [2.24, 2.45) is 0 Å². The zero-order valence-corrected chi connectivity index (χ0v) is 14.6. The van der Waals surface area contributed by atoms with Crippen molar-refractivity contribution >= 4 is 17.5 Å². The van der Waals surface area contributed by atoms with E-state index in [0.717, 1.165) is 25.9 Å². The van der Waals surface area contributed by atoms with E-state index >= 15 is 0 Å². The van der Waals surface area contributed by atoms with E-state index in [2.05, 4.69) is 21.0 Å². The minimum Gasteiger partial charge on any atom is -0.349 e. The third-order valence-electron chi connectivity index (χ3n) is 5.11. The zero-order valence-electron chi connectivity index (χ0n) is 14.6. The number of anilines is 1. The molecule has 1 aliphatic heterocycles.